The first-order valence-electron chi connectivity index (χ1n) is 10.5. The molecule has 1 saturated heterocycles. The van der Waals surface area contributed by atoms with Gasteiger partial charge in [0.05, 0.1) is 17.1 Å². The molecule has 1 aromatic carbocycles. The lowest BCUT2D eigenvalue weighted by Crippen LogP contribution is -2.44. The fourth-order valence-corrected chi connectivity index (χ4v) is 5.30. The van der Waals surface area contributed by atoms with Gasteiger partial charge in [0.2, 0.25) is 0 Å². The Morgan fingerprint density at radius 2 is 1.77 bits per heavy atom. The normalized spacial score (nSPS) is 19.6. The Morgan fingerprint density at radius 3 is 2.32 bits per heavy atom. The van der Waals surface area contributed by atoms with E-state index in [0.29, 0.717) is 18.5 Å². The lowest BCUT2D eigenvalue weighted by atomic mass is 10.1. The number of esters is 1. The predicted octanol–water partition coefficient (Wildman–Crippen LogP) is 1.23. The smallest absolute Gasteiger partial charge is 0.338 e. The Morgan fingerprint density at radius 1 is 1.10 bits per heavy atom. The van der Waals surface area contributed by atoms with E-state index in [1.54, 1.807) is 29.2 Å². The summed E-state index contributed by atoms with van der Waals surface area (Å²) in [6.45, 7) is 3.63. The minimum absolute atomic E-state index is 0.0200. The lowest BCUT2D eigenvalue weighted by molar-refractivity contribution is -0.137. The van der Waals surface area contributed by atoms with Crippen molar-refractivity contribution < 1.29 is 27.5 Å². The molecule has 1 aliphatic heterocycles. The predicted molar refractivity (Wildman–Crippen MR) is 114 cm³/mol. The zero-order valence-corrected chi connectivity index (χ0v) is 18.6. The van der Waals surface area contributed by atoms with E-state index in [1.807, 2.05) is 13.8 Å². The molecule has 1 atom stereocenters. The van der Waals surface area contributed by atoms with Crippen molar-refractivity contribution in [3.8, 4) is 0 Å². The number of hydrogen-bond donors (Lipinski definition) is 2. The van der Waals surface area contributed by atoms with Gasteiger partial charge in [-0.15, -0.1) is 0 Å². The Labute approximate surface area is 182 Å². The highest BCUT2D eigenvalue weighted by molar-refractivity contribution is 7.91. The average Bonchev–Trinajstić information content (AvgIpc) is 3.47. The summed E-state index contributed by atoms with van der Waals surface area (Å²) in [5.74, 6) is -0.905. The third kappa shape index (κ3) is 6.68. The first-order valence-corrected chi connectivity index (χ1v) is 12.3. The maximum absolute atomic E-state index is 12.6. The van der Waals surface area contributed by atoms with Crippen molar-refractivity contribution in [1.82, 2.24) is 15.5 Å². The quantitative estimate of drug-likeness (QED) is 0.574. The molecule has 9 nitrogen and oxygen atoms in total. The van der Waals surface area contributed by atoms with Crippen LogP contribution in [-0.2, 0) is 25.9 Å². The molecule has 2 N–H and O–H groups in total. The molecule has 10 heteroatoms. The molecule has 1 saturated carbocycles. The van der Waals surface area contributed by atoms with Gasteiger partial charge in [-0.05, 0) is 50.8 Å². The van der Waals surface area contributed by atoms with Gasteiger partial charge in [0.15, 0.2) is 16.4 Å². The number of nitrogens with one attached hydrogen (secondary N) is 2. The molecule has 1 aromatic rings. The van der Waals surface area contributed by atoms with Crippen LogP contribution in [0.5, 0.6) is 0 Å². The van der Waals surface area contributed by atoms with Crippen molar-refractivity contribution >= 4 is 27.7 Å². The summed E-state index contributed by atoms with van der Waals surface area (Å²) in [4.78, 5) is 38.2. The summed E-state index contributed by atoms with van der Waals surface area (Å²) >= 11 is 0. The van der Waals surface area contributed by atoms with Gasteiger partial charge < -0.3 is 20.3 Å². The number of carbonyl (C=O) groups excluding carboxylic acids is 3. The van der Waals surface area contributed by atoms with Crippen LogP contribution in [-0.4, -0.2) is 67.5 Å². The number of nitrogens with zero attached hydrogens (tertiary/aromatic N) is 1. The van der Waals surface area contributed by atoms with Crippen molar-refractivity contribution in [2.24, 2.45) is 0 Å². The number of carbonyl (C=O) groups is 3. The standard InChI is InChI=1S/C21H29N3O6S/c1-14(2)23-21(27)22-11-15-3-5-16(6-4-15)20(26)30-12-19(25)24(17-7-8-17)18-9-10-31(28,29)13-18/h3-6,14,17-18H,7-13H2,1-2H3,(H2,22,23,27). The minimum atomic E-state index is -3.11. The van der Waals surface area contributed by atoms with Gasteiger partial charge in [0.25, 0.3) is 5.91 Å². The molecule has 0 radical (unpaired) electrons. The summed E-state index contributed by atoms with van der Waals surface area (Å²) in [6.07, 6.45) is 2.13. The minimum Gasteiger partial charge on any atom is -0.452 e. The second kappa shape index (κ2) is 9.67. The highest BCUT2D eigenvalue weighted by Gasteiger charge is 2.42. The van der Waals surface area contributed by atoms with E-state index in [1.165, 1.54) is 0 Å². The number of benzene rings is 1. The van der Waals surface area contributed by atoms with Crippen LogP contribution in [0.15, 0.2) is 24.3 Å². The molecular formula is C21H29N3O6S. The van der Waals surface area contributed by atoms with Crippen molar-refractivity contribution in [2.45, 2.75) is 57.8 Å². The van der Waals surface area contributed by atoms with E-state index in [0.717, 1.165) is 18.4 Å². The second-order valence-electron chi connectivity index (χ2n) is 8.34. The SMILES string of the molecule is CC(C)NC(=O)NCc1ccc(C(=O)OCC(=O)N(C2CC2)C2CCS(=O)(=O)C2)cc1. The first-order chi connectivity index (χ1) is 14.6. The van der Waals surface area contributed by atoms with Crippen LogP contribution in [0, 0.1) is 0 Å². The Balaban J connectivity index is 1.49. The number of sulfone groups is 1. The zero-order valence-electron chi connectivity index (χ0n) is 17.8. The van der Waals surface area contributed by atoms with E-state index >= 15 is 0 Å². The largest absolute Gasteiger partial charge is 0.452 e. The molecule has 0 aromatic heterocycles. The lowest BCUT2D eigenvalue weighted by Gasteiger charge is -2.28. The highest BCUT2D eigenvalue weighted by Crippen LogP contribution is 2.32. The van der Waals surface area contributed by atoms with Crippen molar-refractivity contribution in [1.29, 1.82) is 0 Å². The van der Waals surface area contributed by atoms with Crippen LogP contribution in [0.1, 0.15) is 49.0 Å². The molecule has 2 fully saturated rings. The van der Waals surface area contributed by atoms with Gasteiger partial charge in [0.1, 0.15) is 0 Å². The molecule has 0 bridgehead atoms. The molecule has 2 aliphatic rings. The molecule has 1 aliphatic carbocycles. The maximum Gasteiger partial charge on any atom is 0.338 e. The van der Waals surface area contributed by atoms with Crippen LogP contribution in [0.25, 0.3) is 0 Å². The molecule has 31 heavy (non-hydrogen) atoms. The van der Waals surface area contributed by atoms with Gasteiger partial charge in [-0.1, -0.05) is 12.1 Å². The molecule has 170 valence electrons. The molecule has 3 amide bonds. The summed E-state index contributed by atoms with van der Waals surface area (Å²) in [6, 6.07) is 6.04. The van der Waals surface area contributed by atoms with Crippen LogP contribution in [0.3, 0.4) is 0 Å². The molecule has 3 rings (SSSR count). The van der Waals surface area contributed by atoms with Crippen molar-refractivity contribution in [2.75, 3.05) is 18.1 Å². The van der Waals surface area contributed by atoms with Gasteiger partial charge in [-0.3, -0.25) is 4.79 Å². The fourth-order valence-electron chi connectivity index (χ4n) is 3.59. The zero-order chi connectivity index (χ0) is 22.6. The third-order valence-electron chi connectivity index (χ3n) is 5.22. The van der Waals surface area contributed by atoms with Gasteiger partial charge in [-0.2, -0.15) is 0 Å². The molecule has 1 unspecified atom stereocenters. The topological polar surface area (TPSA) is 122 Å². The second-order valence-corrected chi connectivity index (χ2v) is 10.6. The van der Waals surface area contributed by atoms with Gasteiger partial charge >= 0.3 is 12.0 Å². The van der Waals surface area contributed by atoms with E-state index in [2.05, 4.69) is 10.6 Å². The summed E-state index contributed by atoms with van der Waals surface area (Å²) in [5, 5.41) is 5.44. The van der Waals surface area contributed by atoms with E-state index in [-0.39, 0.29) is 41.6 Å². The van der Waals surface area contributed by atoms with Gasteiger partial charge in [0, 0.05) is 24.7 Å². The van der Waals surface area contributed by atoms with Crippen LogP contribution < -0.4 is 10.6 Å². The Hall–Kier alpha value is -2.62. The third-order valence-corrected chi connectivity index (χ3v) is 6.97. The summed E-state index contributed by atoms with van der Waals surface area (Å²) < 4.78 is 28.7. The maximum atomic E-state index is 12.6. The van der Waals surface area contributed by atoms with Gasteiger partial charge in [-0.25, -0.2) is 18.0 Å². The number of amides is 3. The van der Waals surface area contributed by atoms with Crippen molar-refractivity contribution in [3.63, 3.8) is 0 Å². The van der Waals surface area contributed by atoms with Crippen LogP contribution in [0.4, 0.5) is 4.79 Å². The number of ether oxygens (including phenoxy) is 1. The molecule has 1 heterocycles. The average molecular weight is 452 g/mol. The Kier molecular flexibility index (Phi) is 7.19. The van der Waals surface area contributed by atoms with Crippen molar-refractivity contribution in [3.05, 3.63) is 35.4 Å². The fraction of sp³-hybridized carbons (Fsp3) is 0.571. The number of urea groups is 1. The van der Waals surface area contributed by atoms with E-state index in [9.17, 15) is 22.8 Å². The first kappa shape index (κ1) is 23.1. The highest BCUT2D eigenvalue weighted by atomic mass is 32.2. The van der Waals surface area contributed by atoms with Crippen LogP contribution >= 0.6 is 0 Å². The monoisotopic (exact) mass is 451 g/mol. The molecule has 0 spiro atoms. The van der Waals surface area contributed by atoms with E-state index < -0.39 is 22.4 Å². The molecular weight excluding hydrogens is 422 g/mol. The summed E-state index contributed by atoms with van der Waals surface area (Å²) in [7, 11) is -3.11. The van der Waals surface area contributed by atoms with E-state index in [4.69, 9.17) is 4.74 Å². The Bertz CT molecular complexity index is 925. The van der Waals surface area contributed by atoms with Crippen LogP contribution in [0.2, 0.25) is 0 Å². The number of rotatable bonds is 8. The summed E-state index contributed by atoms with van der Waals surface area (Å²) in [5.41, 5.74) is 1.11. The number of hydrogen-bond acceptors (Lipinski definition) is 6.